The van der Waals surface area contributed by atoms with Crippen molar-refractivity contribution in [2.24, 2.45) is 0 Å². The molecule has 3 aromatic rings. The average Bonchev–Trinajstić information content (AvgIpc) is 2.47. The van der Waals surface area contributed by atoms with Crippen LogP contribution < -0.4 is 0 Å². The van der Waals surface area contributed by atoms with Crippen LogP contribution in [-0.4, -0.2) is 26.0 Å². The van der Waals surface area contributed by atoms with Crippen LogP contribution in [0.2, 0.25) is 5.02 Å². The first kappa shape index (κ1) is 13.5. The molecule has 0 aliphatic rings. The summed E-state index contributed by atoms with van der Waals surface area (Å²) in [4.78, 5) is 23.5. The number of aromatic nitrogens is 3. The highest BCUT2D eigenvalue weighted by atomic mass is 35.5. The van der Waals surface area contributed by atoms with Gasteiger partial charge in [-0.25, -0.2) is 14.8 Å². The molecule has 104 valence electrons. The molecule has 0 bridgehead atoms. The minimum atomic E-state index is -0.966. The van der Waals surface area contributed by atoms with Crippen molar-refractivity contribution in [2.45, 2.75) is 6.42 Å². The Bertz CT molecular complexity index is 836. The summed E-state index contributed by atoms with van der Waals surface area (Å²) in [6.07, 6.45) is 5.25. The molecule has 0 saturated heterocycles. The lowest BCUT2D eigenvalue weighted by atomic mass is 10.1. The van der Waals surface area contributed by atoms with Crippen molar-refractivity contribution in [2.75, 3.05) is 0 Å². The Balaban J connectivity index is 1.94. The molecule has 1 N–H and O–H groups in total. The molecule has 3 aromatic heterocycles. The lowest BCUT2D eigenvalue weighted by Crippen LogP contribution is -2.00. The summed E-state index contributed by atoms with van der Waals surface area (Å²) in [7, 11) is 0. The van der Waals surface area contributed by atoms with Crippen LogP contribution in [0.1, 0.15) is 21.6 Å². The standard InChI is InChI=1S/C15H10ClN3O2/c16-12-5-11-3-9(7-18-14(11)19-8-12)4-13-6-10(15(20)21)1-2-17-13/h1-3,5-8H,4H2,(H,20,21). The Morgan fingerprint density at radius 3 is 2.76 bits per heavy atom. The second-order valence-electron chi connectivity index (χ2n) is 4.56. The highest BCUT2D eigenvalue weighted by molar-refractivity contribution is 6.31. The lowest BCUT2D eigenvalue weighted by molar-refractivity contribution is 0.0696. The fraction of sp³-hybridized carbons (Fsp3) is 0.0667. The largest absolute Gasteiger partial charge is 0.478 e. The highest BCUT2D eigenvalue weighted by Gasteiger charge is 2.06. The van der Waals surface area contributed by atoms with E-state index in [1.54, 1.807) is 24.5 Å². The predicted octanol–water partition coefficient (Wildman–Crippen LogP) is 2.97. The number of rotatable bonds is 3. The van der Waals surface area contributed by atoms with Crippen LogP contribution in [0.25, 0.3) is 11.0 Å². The Morgan fingerprint density at radius 2 is 1.95 bits per heavy atom. The van der Waals surface area contributed by atoms with E-state index in [-0.39, 0.29) is 5.56 Å². The van der Waals surface area contributed by atoms with E-state index < -0.39 is 5.97 Å². The first-order valence-electron chi connectivity index (χ1n) is 6.20. The highest BCUT2D eigenvalue weighted by Crippen LogP contribution is 2.17. The normalized spacial score (nSPS) is 10.7. The number of pyridine rings is 3. The van der Waals surface area contributed by atoms with Crippen LogP contribution in [0, 0.1) is 0 Å². The maximum absolute atomic E-state index is 11.0. The van der Waals surface area contributed by atoms with Crippen LogP contribution in [0.4, 0.5) is 0 Å². The van der Waals surface area contributed by atoms with Gasteiger partial charge in [0.2, 0.25) is 0 Å². The van der Waals surface area contributed by atoms with Gasteiger partial charge in [-0.15, -0.1) is 0 Å². The average molecular weight is 300 g/mol. The Hall–Kier alpha value is -2.53. The molecule has 0 saturated carbocycles. The number of hydrogen-bond donors (Lipinski definition) is 1. The van der Waals surface area contributed by atoms with E-state index in [1.807, 2.05) is 6.07 Å². The monoisotopic (exact) mass is 299 g/mol. The van der Waals surface area contributed by atoms with Crippen LogP contribution >= 0.6 is 11.6 Å². The Labute approximate surface area is 125 Å². The second-order valence-corrected chi connectivity index (χ2v) is 5.00. The van der Waals surface area contributed by atoms with Gasteiger partial charge in [0.15, 0.2) is 5.65 Å². The number of carbonyl (C=O) groups is 1. The van der Waals surface area contributed by atoms with Gasteiger partial charge in [0.1, 0.15) is 0 Å². The first-order valence-corrected chi connectivity index (χ1v) is 6.58. The third-order valence-electron chi connectivity index (χ3n) is 3.00. The molecule has 0 aliphatic heterocycles. The summed E-state index contributed by atoms with van der Waals surface area (Å²) in [6.45, 7) is 0. The molecule has 5 nitrogen and oxygen atoms in total. The second kappa shape index (κ2) is 5.46. The van der Waals surface area contributed by atoms with Gasteiger partial charge in [0, 0.05) is 36.1 Å². The molecule has 0 amide bonds. The summed E-state index contributed by atoms with van der Waals surface area (Å²) < 4.78 is 0. The Morgan fingerprint density at radius 1 is 1.14 bits per heavy atom. The van der Waals surface area contributed by atoms with Crippen molar-refractivity contribution in [3.8, 4) is 0 Å². The third-order valence-corrected chi connectivity index (χ3v) is 3.21. The lowest BCUT2D eigenvalue weighted by Gasteiger charge is -2.04. The number of halogens is 1. The molecule has 0 aromatic carbocycles. The molecule has 21 heavy (non-hydrogen) atoms. The number of fused-ring (bicyclic) bond motifs is 1. The summed E-state index contributed by atoms with van der Waals surface area (Å²) >= 11 is 5.92. The minimum Gasteiger partial charge on any atom is -0.478 e. The molecule has 0 aliphatic carbocycles. The van der Waals surface area contributed by atoms with Crippen LogP contribution in [0.3, 0.4) is 0 Å². The van der Waals surface area contributed by atoms with E-state index in [2.05, 4.69) is 15.0 Å². The zero-order valence-electron chi connectivity index (χ0n) is 10.8. The van der Waals surface area contributed by atoms with E-state index in [9.17, 15) is 4.79 Å². The van der Waals surface area contributed by atoms with E-state index in [4.69, 9.17) is 16.7 Å². The van der Waals surface area contributed by atoms with Crippen LogP contribution in [0.15, 0.2) is 42.9 Å². The number of nitrogens with zero attached hydrogens (tertiary/aromatic N) is 3. The van der Waals surface area contributed by atoms with Crippen molar-refractivity contribution in [1.82, 2.24) is 15.0 Å². The molecule has 0 spiro atoms. The van der Waals surface area contributed by atoms with E-state index in [1.165, 1.54) is 12.3 Å². The fourth-order valence-electron chi connectivity index (χ4n) is 2.06. The number of aromatic carboxylic acids is 1. The molecular weight excluding hydrogens is 290 g/mol. The van der Waals surface area contributed by atoms with Gasteiger partial charge in [-0.3, -0.25) is 4.98 Å². The Kier molecular flexibility index (Phi) is 3.50. The fourth-order valence-corrected chi connectivity index (χ4v) is 2.22. The molecule has 0 atom stereocenters. The van der Waals surface area contributed by atoms with Gasteiger partial charge >= 0.3 is 5.97 Å². The van der Waals surface area contributed by atoms with Crippen molar-refractivity contribution in [3.05, 3.63) is 64.7 Å². The molecule has 0 fully saturated rings. The summed E-state index contributed by atoms with van der Waals surface area (Å²) in [5.74, 6) is -0.966. The molecule has 0 radical (unpaired) electrons. The first-order chi connectivity index (χ1) is 10.1. The molecule has 6 heteroatoms. The molecule has 3 rings (SSSR count). The van der Waals surface area contributed by atoms with Gasteiger partial charge in [0.25, 0.3) is 0 Å². The van der Waals surface area contributed by atoms with Gasteiger partial charge in [0.05, 0.1) is 10.6 Å². The summed E-state index contributed by atoms with van der Waals surface area (Å²) in [5.41, 5.74) is 2.43. The molecular formula is C15H10ClN3O2. The van der Waals surface area contributed by atoms with Crippen molar-refractivity contribution >= 4 is 28.6 Å². The van der Waals surface area contributed by atoms with Crippen LogP contribution in [0.5, 0.6) is 0 Å². The molecule has 3 heterocycles. The van der Waals surface area contributed by atoms with E-state index >= 15 is 0 Å². The van der Waals surface area contributed by atoms with E-state index in [0.29, 0.717) is 22.8 Å². The predicted molar refractivity (Wildman–Crippen MR) is 78.6 cm³/mol. The summed E-state index contributed by atoms with van der Waals surface area (Å²) in [6, 6.07) is 6.74. The smallest absolute Gasteiger partial charge is 0.335 e. The van der Waals surface area contributed by atoms with Gasteiger partial charge in [-0.2, -0.15) is 0 Å². The number of carboxylic acids is 1. The maximum atomic E-state index is 11.0. The zero-order chi connectivity index (χ0) is 14.8. The third kappa shape index (κ3) is 2.98. The van der Waals surface area contributed by atoms with Crippen molar-refractivity contribution < 1.29 is 9.90 Å². The maximum Gasteiger partial charge on any atom is 0.335 e. The van der Waals surface area contributed by atoms with Crippen molar-refractivity contribution in [1.29, 1.82) is 0 Å². The molecule has 0 unspecified atom stereocenters. The minimum absolute atomic E-state index is 0.221. The number of carboxylic acid groups (broad SMARTS) is 1. The van der Waals surface area contributed by atoms with Gasteiger partial charge in [-0.1, -0.05) is 11.6 Å². The van der Waals surface area contributed by atoms with Gasteiger partial charge < -0.3 is 5.11 Å². The van der Waals surface area contributed by atoms with Gasteiger partial charge in [-0.05, 0) is 29.8 Å². The topological polar surface area (TPSA) is 76.0 Å². The zero-order valence-corrected chi connectivity index (χ0v) is 11.6. The summed E-state index contributed by atoms with van der Waals surface area (Å²) in [5, 5.41) is 10.4. The number of hydrogen-bond acceptors (Lipinski definition) is 4. The SMILES string of the molecule is O=C(O)c1ccnc(Cc2cnc3ncc(Cl)cc3c2)c1. The van der Waals surface area contributed by atoms with Crippen molar-refractivity contribution in [3.63, 3.8) is 0 Å². The van der Waals surface area contributed by atoms with Crippen LogP contribution in [-0.2, 0) is 6.42 Å². The van der Waals surface area contributed by atoms with E-state index in [0.717, 1.165) is 10.9 Å². The quantitative estimate of drug-likeness (QED) is 0.804.